The van der Waals surface area contributed by atoms with Crippen molar-refractivity contribution in [1.82, 2.24) is 5.32 Å². The first-order valence-electron chi connectivity index (χ1n) is 5.73. The molecule has 5 heteroatoms. The minimum absolute atomic E-state index is 0.0815. The molecule has 1 aromatic rings. The molecule has 0 saturated carbocycles. The van der Waals surface area contributed by atoms with E-state index in [0.717, 1.165) is 0 Å². The van der Waals surface area contributed by atoms with Crippen LogP contribution in [0.2, 0.25) is 5.02 Å². The highest BCUT2D eigenvalue weighted by Gasteiger charge is 2.17. The van der Waals surface area contributed by atoms with E-state index in [1.165, 1.54) is 0 Å². The van der Waals surface area contributed by atoms with Gasteiger partial charge in [-0.3, -0.25) is 9.59 Å². The normalized spacial score (nSPS) is 11.9. The highest BCUT2D eigenvalue weighted by Crippen LogP contribution is 2.18. The molecule has 1 amide bonds. The Kier molecular flexibility index (Phi) is 5.16. The monoisotopic (exact) mass is 269 g/mol. The molecule has 0 aromatic heterocycles. The smallest absolute Gasteiger partial charge is 0.305 e. The van der Waals surface area contributed by atoms with E-state index in [9.17, 15) is 9.59 Å². The van der Waals surface area contributed by atoms with Crippen molar-refractivity contribution in [3.8, 4) is 0 Å². The van der Waals surface area contributed by atoms with Crippen molar-refractivity contribution >= 4 is 23.5 Å². The first kappa shape index (κ1) is 14.5. The van der Waals surface area contributed by atoms with Crippen LogP contribution in [0.4, 0.5) is 0 Å². The lowest BCUT2D eigenvalue weighted by molar-refractivity contribution is -0.137. The third-order valence-corrected chi connectivity index (χ3v) is 3.17. The van der Waals surface area contributed by atoms with E-state index in [-0.39, 0.29) is 18.4 Å². The van der Waals surface area contributed by atoms with Crippen LogP contribution in [0, 0.1) is 6.92 Å². The largest absolute Gasteiger partial charge is 0.481 e. The maximum absolute atomic E-state index is 12.0. The summed E-state index contributed by atoms with van der Waals surface area (Å²) in [6.07, 6.45) is 0.486. The summed E-state index contributed by atoms with van der Waals surface area (Å²) in [7, 11) is 0. The Morgan fingerprint density at radius 3 is 2.67 bits per heavy atom. The molecule has 0 saturated heterocycles. The second kappa shape index (κ2) is 6.40. The van der Waals surface area contributed by atoms with Crippen LogP contribution in [-0.2, 0) is 4.79 Å². The van der Waals surface area contributed by atoms with E-state index < -0.39 is 5.97 Å². The molecule has 18 heavy (non-hydrogen) atoms. The Hall–Kier alpha value is -1.55. The Bertz CT molecular complexity index is 460. The number of carboxylic acid groups (broad SMARTS) is 1. The fraction of sp³-hybridized carbons (Fsp3) is 0.385. The highest BCUT2D eigenvalue weighted by atomic mass is 35.5. The molecule has 0 fully saturated rings. The van der Waals surface area contributed by atoms with Gasteiger partial charge < -0.3 is 10.4 Å². The number of hydrogen-bond acceptors (Lipinski definition) is 2. The number of halogens is 1. The van der Waals surface area contributed by atoms with Gasteiger partial charge in [0.05, 0.1) is 6.42 Å². The first-order chi connectivity index (χ1) is 8.45. The average molecular weight is 270 g/mol. The summed E-state index contributed by atoms with van der Waals surface area (Å²) in [5.74, 6) is -1.21. The molecule has 0 aliphatic rings. The van der Waals surface area contributed by atoms with E-state index in [2.05, 4.69) is 5.32 Å². The standard InChI is InChI=1S/C13H16ClNO3/c1-3-9(7-12(16)17)15-13(18)10-5-4-6-11(14)8(10)2/h4-6,9H,3,7H2,1-2H3,(H,15,18)(H,16,17). The third kappa shape index (κ3) is 3.74. The van der Waals surface area contributed by atoms with Crippen molar-refractivity contribution in [2.24, 2.45) is 0 Å². The van der Waals surface area contributed by atoms with Crippen LogP contribution < -0.4 is 5.32 Å². The zero-order valence-electron chi connectivity index (χ0n) is 10.4. The summed E-state index contributed by atoms with van der Waals surface area (Å²) in [5.41, 5.74) is 1.17. The van der Waals surface area contributed by atoms with E-state index >= 15 is 0 Å². The van der Waals surface area contributed by atoms with Gasteiger partial charge in [0.1, 0.15) is 0 Å². The summed E-state index contributed by atoms with van der Waals surface area (Å²) in [6.45, 7) is 3.59. The number of carbonyl (C=O) groups is 2. The van der Waals surface area contributed by atoms with Crippen LogP contribution in [0.25, 0.3) is 0 Å². The molecule has 1 unspecified atom stereocenters. The van der Waals surface area contributed by atoms with Crippen molar-refractivity contribution in [3.63, 3.8) is 0 Å². The van der Waals surface area contributed by atoms with E-state index in [1.54, 1.807) is 25.1 Å². The number of carboxylic acids is 1. The molecule has 0 aliphatic carbocycles. The zero-order chi connectivity index (χ0) is 13.7. The number of aliphatic carboxylic acids is 1. The number of carbonyl (C=O) groups excluding carboxylic acids is 1. The van der Waals surface area contributed by atoms with Crippen molar-refractivity contribution < 1.29 is 14.7 Å². The van der Waals surface area contributed by atoms with Gasteiger partial charge in [-0.2, -0.15) is 0 Å². The van der Waals surface area contributed by atoms with Crippen molar-refractivity contribution in [1.29, 1.82) is 0 Å². The quantitative estimate of drug-likeness (QED) is 0.863. The predicted octanol–water partition coefficient (Wildman–Crippen LogP) is 2.63. The van der Waals surface area contributed by atoms with Crippen molar-refractivity contribution in [2.45, 2.75) is 32.7 Å². The molecule has 0 bridgehead atoms. The minimum Gasteiger partial charge on any atom is -0.481 e. The van der Waals surface area contributed by atoms with Gasteiger partial charge in [-0.05, 0) is 31.0 Å². The predicted molar refractivity (Wildman–Crippen MR) is 70.0 cm³/mol. The van der Waals surface area contributed by atoms with Gasteiger partial charge in [-0.15, -0.1) is 0 Å². The van der Waals surface area contributed by atoms with Crippen LogP contribution in [0.5, 0.6) is 0 Å². The Labute approximate surface area is 111 Å². The molecule has 1 atom stereocenters. The molecule has 0 radical (unpaired) electrons. The lowest BCUT2D eigenvalue weighted by Gasteiger charge is -2.16. The summed E-state index contributed by atoms with van der Waals surface area (Å²) in [4.78, 5) is 22.6. The van der Waals surface area contributed by atoms with Gasteiger partial charge in [0.15, 0.2) is 0 Å². The van der Waals surface area contributed by atoms with Gasteiger partial charge in [-0.25, -0.2) is 0 Å². The van der Waals surface area contributed by atoms with E-state index in [4.69, 9.17) is 16.7 Å². The molecule has 98 valence electrons. The molecular weight excluding hydrogens is 254 g/mol. The zero-order valence-corrected chi connectivity index (χ0v) is 11.1. The topological polar surface area (TPSA) is 66.4 Å². The van der Waals surface area contributed by atoms with Crippen LogP contribution in [0.15, 0.2) is 18.2 Å². The summed E-state index contributed by atoms with van der Waals surface area (Å²) < 4.78 is 0. The maximum atomic E-state index is 12.0. The summed E-state index contributed by atoms with van der Waals surface area (Å²) in [5, 5.41) is 12.0. The molecule has 1 aromatic carbocycles. The Morgan fingerprint density at radius 1 is 1.44 bits per heavy atom. The number of rotatable bonds is 5. The molecule has 0 spiro atoms. The summed E-state index contributed by atoms with van der Waals surface area (Å²) >= 11 is 5.94. The van der Waals surface area contributed by atoms with Crippen molar-refractivity contribution in [3.05, 3.63) is 34.3 Å². The number of nitrogens with one attached hydrogen (secondary N) is 1. The molecule has 2 N–H and O–H groups in total. The van der Waals surface area contributed by atoms with Gasteiger partial charge in [0.25, 0.3) is 5.91 Å². The minimum atomic E-state index is -0.926. The molecule has 4 nitrogen and oxygen atoms in total. The van der Waals surface area contributed by atoms with Gasteiger partial charge in [-0.1, -0.05) is 24.6 Å². The molecule has 0 heterocycles. The molecule has 0 aliphatic heterocycles. The third-order valence-electron chi connectivity index (χ3n) is 2.76. The highest BCUT2D eigenvalue weighted by molar-refractivity contribution is 6.31. The van der Waals surface area contributed by atoms with Gasteiger partial charge >= 0.3 is 5.97 Å². The Morgan fingerprint density at radius 2 is 2.11 bits per heavy atom. The molecular formula is C13H16ClNO3. The number of amides is 1. The lowest BCUT2D eigenvalue weighted by Crippen LogP contribution is -2.36. The van der Waals surface area contributed by atoms with E-state index in [1.807, 2.05) is 6.92 Å². The summed E-state index contributed by atoms with van der Waals surface area (Å²) in [6, 6.07) is 4.71. The van der Waals surface area contributed by atoms with Gasteiger partial charge in [0, 0.05) is 16.6 Å². The SMILES string of the molecule is CCC(CC(=O)O)NC(=O)c1cccc(Cl)c1C. The van der Waals surface area contributed by atoms with E-state index in [0.29, 0.717) is 22.6 Å². The van der Waals surface area contributed by atoms with Gasteiger partial charge in [0.2, 0.25) is 0 Å². The number of benzene rings is 1. The maximum Gasteiger partial charge on any atom is 0.305 e. The number of hydrogen-bond donors (Lipinski definition) is 2. The molecule has 1 rings (SSSR count). The first-order valence-corrected chi connectivity index (χ1v) is 6.11. The second-order valence-corrected chi connectivity index (χ2v) is 4.50. The average Bonchev–Trinajstić information content (AvgIpc) is 2.31. The van der Waals surface area contributed by atoms with Crippen molar-refractivity contribution in [2.75, 3.05) is 0 Å². The second-order valence-electron chi connectivity index (χ2n) is 4.09. The van der Waals surface area contributed by atoms with Crippen LogP contribution >= 0.6 is 11.6 Å². The fourth-order valence-corrected chi connectivity index (χ4v) is 1.80. The van der Waals surface area contributed by atoms with Crippen LogP contribution in [-0.4, -0.2) is 23.0 Å². The van der Waals surface area contributed by atoms with Crippen LogP contribution in [0.1, 0.15) is 35.7 Å². The van der Waals surface area contributed by atoms with Crippen LogP contribution in [0.3, 0.4) is 0 Å². The Balaban J connectivity index is 2.81. The lowest BCUT2D eigenvalue weighted by atomic mass is 10.1. The fourth-order valence-electron chi connectivity index (χ4n) is 1.62.